The summed E-state index contributed by atoms with van der Waals surface area (Å²) < 4.78 is 5.27. The quantitative estimate of drug-likeness (QED) is 0.220. The average molecular weight is 443 g/mol. The molecule has 1 atom stereocenters. The molecule has 0 unspecified atom stereocenters. The van der Waals surface area contributed by atoms with Crippen LogP contribution in [-0.2, 0) is 17.8 Å². The van der Waals surface area contributed by atoms with Gasteiger partial charge < -0.3 is 15.2 Å². The first-order valence-corrected chi connectivity index (χ1v) is 10.1. The fraction of sp³-hybridized carbons (Fsp3) is 0.120. The number of hydrogen-bond acceptors (Lipinski definition) is 6. The van der Waals surface area contributed by atoms with Crippen LogP contribution in [0.15, 0.2) is 90.7 Å². The topological polar surface area (TPSA) is 125 Å². The van der Waals surface area contributed by atoms with Crippen molar-refractivity contribution in [1.82, 2.24) is 5.32 Å². The lowest BCUT2D eigenvalue weighted by Crippen LogP contribution is -2.38. The van der Waals surface area contributed by atoms with Crippen LogP contribution in [0.5, 0.6) is 0 Å². The van der Waals surface area contributed by atoms with Crippen molar-refractivity contribution in [1.29, 1.82) is 5.26 Å². The number of nitrogens with zero attached hydrogens (tertiary/aromatic N) is 2. The normalized spacial score (nSPS) is 12.1. The number of allylic oxidation sites excluding steroid dienone is 1. The van der Waals surface area contributed by atoms with Crippen LogP contribution < -0.4 is 5.32 Å². The van der Waals surface area contributed by atoms with Gasteiger partial charge in [0.15, 0.2) is 0 Å². The second kappa shape index (κ2) is 11.1. The van der Waals surface area contributed by atoms with Crippen LogP contribution in [0.1, 0.15) is 16.7 Å². The highest BCUT2D eigenvalue weighted by atomic mass is 16.6. The van der Waals surface area contributed by atoms with Crippen molar-refractivity contribution in [2.45, 2.75) is 19.1 Å². The third-order valence-electron chi connectivity index (χ3n) is 4.85. The Hall–Kier alpha value is -4.64. The van der Waals surface area contributed by atoms with Crippen LogP contribution >= 0.6 is 0 Å². The molecule has 0 heterocycles. The maximum absolute atomic E-state index is 12.5. The van der Waals surface area contributed by atoms with E-state index in [0.29, 0.717) is 0 Å². The summed E-state index contributed by atoms with van der Waals surface area (Å²) in [5.41, 5.74) is 1.67. The molecular weight excluding hydrogens is 422 g/mol. The summed E-state index contributed by atoms with van der Waals surface area (Å²) >= 11 is 0. The van der Waals surface area contributed by atoms with Crippen molar-refractivity contribution in [3.05, 3.63) is 117 Å². The van der Waals surface area contributed by atoms with Gasteiger partial charge in [0.25, 0.3) is 5.69 Å². The van der Waals surface area contributed by atoms with Gasteiger partial charge in [-0.15, -0.1) is 0 Å². The van der Waals surface area contributed by atoms with E-state index in [1.807, 2.05) is 66.7 Å². The van der Waals surface area contributed by atoms with Gasteiger partial charge in [0, 0.05) is 18.6 Å². The minimum atomic E-state index is -0.958. The van der Waals surface area contributed by atoms with Gasteiger partial charge in [-0.25, -0.2) is 4.79 Å². The fourth-order valence-corrected chi connectivity index (χ4v) is 3.17. The van der Waals surface area contributed by atoms with Crippen molar-refractivity contribution < 1.29 is 19.6 Å². The summed E-state index contributed by atoms with van der Waals surface area (Å²) in [5, 5.41) is 34.2. The first kappa shape index (κ1) is 23.0. The highest BCUT2D eigenvalue weighted by molar-refractivity contribution is 5.80. The molecule has 0 aliphatic carbocycles. The summed E-state index contributed by atoms with van der Waals surface area (Å²) in [6.07, 6.45) is -0.557. The maximum atomic E-state index is 12.5. The molecular formula is C25H21N3O5. The molecule has 8 heteroatoms. The fourth-order valence-electron chi connectivity index (χ4n) is 3.17. The van der Waals surface area contributed by atoms with E-state index in [-0.39, 0.29) is 35.6 Å². The van der Waals surface area contributed by atoms with E-state index in [2.05, 4.69) is 5.32 Å². The number of benzene rings is 3. The lowest BCUT2D eigenvalue weighted by atomic mass is 9.98. The number of nitrogens with one attached hydrogen (secondary N) is 1. The third-order valence-corrected chi connectivity index (χ3v) is 4.85. The molecule has 0 saturated heterocycles. The second-order valence-electron chi connectivity index (χ2n) is 7.12. The van der Waals surface area contributed by atoms with Gasteiger partial charge in [0.1, 0.15) is 18.4 Å². The van der Waals surface area contributed by atoms with E-state index in [0.717, 1.165) is 11.1 Å². The number of nitro groups is 1. The van der Waals surface area contributed by atoms with Gasteiger partial charge in [-0.2, -0.15) is 5.26 Å². The highest BCUT2D eigenvalue weighted by Crippen LogP contribution is 2.23. The first-order valence-electron chi connectivity index (χ1n) is 10.1. The number of carbonyl (C=O) groups excluding carboxylic acids is 1. The summed E-state index contributed by atoms with van der Waals surface area (Å²) in [7, 11) is 0. The number of hydrogen-bond donors (Lipinski definition) is 2. The molecule has 1 amide bonds. The zero-order chi connectivity index (χ0) is 23.6. The summed E-state index contributed by atoms with van der Waals surface area (Å²) in [6, 6.07) is 24.5. The zero-order valence-electron chi connectivity index (χ0n) is 17.5. The lowest BCUT2D eigenvalue weighted by molar-refractivity contribution is -0.384. The monoisotopic (exact) mass is 443 g/mol. The number of nitro benzene ring substituents is 1. The Morgan fingerprint density at radius 3 is 2.12 bits per heavy atom. The van der Waals surface area contributed by atoms with Crippen molar-refractivity contribution in [3.8, 4) is 6.07 Å². The van der Waals surface area contributed by atoms with Crippen LogP contribution in [0.4, 0.5) is 10.5 Å². The summed E-state index contributed by atoms with van der Waals surface area (Å²) in [4.78, 5) is 22.8. The van der Waals surface area contributed by atoms with Crippen molar-refractivity contribution in [3.63, 3.8) is 0 Å². The molecule has 0 spiro atoms. The predicted molar refractivity (Wildman–Crippen MR) is 122 cm³/mol. The first-order chi connectivity index (χ1) is 16.0. The van der Waals surface area contributed by atoms with Gasteiger partial charge in [-0.05, 0) is 28.8 Å². The number of nitriles is 1. The van der Waals surface area contributed by atoms with E-state index < -0.39 is 17.1 Å². The molecule has 8 nitrogen and oxygen atoms in total. The number of carbonyl (C=O) groups is 1. The number of alkyl carbamates (subject to hydrolysis) is 1. The minimum Gasteiger partial charge on any atom is -0.509 e. The van der Waals surface area contributed by atoms with Gasteiger partial charge in [-0.3, -0.25) is 10.1 Å². The Labute approximate surface area is 190 Å². The highest BCUT2D eigenvalue weighted by Gasteiger charge is 2.23. The number of aliphatic hydroxyl groups is 1. The Morgan fingerprint density at radius 1 is 1.00 bits per heavy atom. The van der Waals surface area contributed by atoms with Crippen molar-refractivity contribution >= 4 is 17.4 Å². The molecule has 0 saturated carbocycles. The molecule has 0 aromatic heterocycles. The standard InChI is InChI=1S/C25H21N3O5/c26-16-22(20-11-13-21(14-12-20)28(31)32)24(29)23(15-18-7-3-1-4-8-18)27-25(30)33-17-19-9-5-2-6-10-19/h1-14,23,29H,15,17H2,(H,27,30)/b24-22-/t23-/m0/s1. The Morgan fingerprint density at radius 2 is 1.58 bits per heavy atom. The molecule has 166 valence electrons. The van der Waals surface area contributed by atoms with Crippen LogP contribution in [0.2, 0.25) is 0 Å². The third kappa shape index (κ3) is 6.42. The van der Waals surface area contributed by atoms with Gasteiger partial charge >= 0.3 is 6.09 Å². The van der Waals surface area contributed by atoms with Crippen LogP contribution in [0.3, 0.4) is 0 Å². The summed E-state index contributed by atoms with van der Waals surface area (Å²) in [5.74, 6) is -0.369. The number of rotatable bonds is 8. The molecule has 2 N–H and O–H groups in total. The lowest BCUT2D eigenvalue weighted by Gasteiger charge is -2.20. The Kier molecular flexibility index (Phi) is 7.76. The molecule has 3 rings (SSSR count). The van der Waals surface area contributed by atoms with Gasteiger partial charge in [0.05, 0.1) is 16.5 Å². The van der Waals surface area contributed by atoms with Gasteiger partial charge in [0.2, 0.25) is 0 Å². The van der Waals surface area contributed by atoms with Gasteiger partial charge in [-0.1, -0.05) is 60.7 Å². The largest absolute Gasteiger partial charge is 0.509 e. The molecule has 0 aliphatic rings. The number of ether oxygens (including phenoxy) is 1. The summed E-state index contributed by atoms with van der Waals surface area (Å²) in [6.45, 7) is 0.0443. The van der Waals surface area contributed by atoms with E-state index in [4.69, 9.17) is 4.74 Å². The molecule has 0 fully saturated rings. The zero-order valence-corrected chi connectivity index (χ0v) is 17.5. The van der Waals surface area contributed by atoms with Crippen LogP contribution in [0, 0.1) is 21.4 Å². The number of amides is 1. The average Bonchev–Trinajstić information content (AvgIpc) is 2.84. The molecule has 0 radical (unpaired) electrons. The van der Waals surface area contributed by atoms with Crippen LogP contribution in [-0.4, -0.2) is 22.2 Å². The predicted octanol–water partition coefficient (Wildman–Crippen LogP) is 4.93. The van der Waals surface area contributed by atoms with E-state index in [1.165, 1.54) is 24.3 Å². The molecule has 33 heavy (non-hydrogen) atoms. The Balaban J connectivity index is 1.85. The Bertz CT molecular complexity index is 1170. The van der Waals surface area contributed by atoms with Crippen molar-refractivity contribution in [2.75, 3.05) is 0 Å². The van der Waals surface area contributed by atoms with E-state index >= 15 is 0 Å². The number of non-ortho nitro benzene ring substituents is 1. The smallest absolute Gasteiger partial charge is 0.408 e. The molecule has 0 bridgehead atoms. The van der Waals surface area contributed by atoms with E-state index in [9.17, 15) is 25.3 Å². The minimum absolute atomic E-state index is 0.0443. The number of aliphatic hydroxyl groups excluding tert-OH is 1. The second-order valence-corrected chi connectivity index (χ2v) is 7.12. The molecule has 0 aliphatic heterocycles. The molecule has 3 aromatic rings. The SMILES string of the molecule is N#C/C(=C(/O)[C@H](Cc1ccccc1)NC(=O)OCc1ccccc1)c1ccc([N+](=O)[O-])cc1. The maximum Gasteiger partial charge on any atom is 0.408 e. The van der Waals surface area contributed by atoms with E-state index in [1.54, 1.807) is 0 Å². The van der Waals surface area contributed by atoms with Crippen molar-refractivity contribution in [2.24, 2.45) is 0 Å². The van der Waals surface area contributed by atoms with Crippen LogP contribution in [0.25, 0.3) is 5.57 Å². The molecule has 3 aromatic carbocycles.